The number of nitrogens with two attached hydrogens (primary N) is 1. The Morgan fingerprint density at radius 3 is 2.65 bits per heavy atom. The molecule has 0 saturated heterocycles. The number of ether oxygens (including phenoxy) is 1. The van der Waals surface area contributed by atoms with E-state index >= 15 is 0 Å². The Balaban J connectivity index is 2.01. The van der Waals surface area contributed by atoms with Gasteiger partial charge in [0.25, 0.3) is 5.91 Å². The monoisotopic (exact) mass is 362 g/mol. The number of halogens is 1. The van der Waals surface area contributed by atoms with Gasteiger partial charge in [0.05, 0.1) is 9.37 Å². The molecule has 6 nitrogen and oxygen atoms in total. The Labute approximate surface area is 126 Å². The molecule has 1 aliphatic carbocycles. The van der Waals surface area contributed by atoms with Crippen LogP contribution in [0.1, 0.15) is 12.8 Å². The van der Waals surface area contributed by atoms with Crippen LogP contribution in [-0.4, -0.2) is 38.9 Å². The molecule has 20 heavy (non-hydrogen) atoms. The fourth-order valence-corrected chi connectivity index (χ4v) is 2.87. The molecule has 1 saturated carbocycles. The normalized spacial score (nSPS) is 14.9. The molecule has 2 N–H and O–H groups in total. The van der Waals surface area contributed by atoms with Crippen LogP contribution in [-0.2, 0) is 14.8 Å². The van der Waals surface area contributed by atoms with Gasteiger partial charge in [-0.2, -0.15) is 0 Å². The molecule has 0 radical (unpaired) electrons. The lowest BCUT2D eigenvalue weighted by Crippen LogP contribution is -2.33. The molecule has 1 aromatic carbocycles. The van der Waals surface area contributed by atoms with Gasteiger partial charge in [0.1, 0.15) is 5.75 Å². The SMILES string of the molecule is CN(C(=O)COc1ccc(S(N)(=O)=O)cc1Br)C1CC1. The highest BCUT2D eigenvalue weighted by molar-refractivity contribution is 9.10. The number of amides is 1. The van der Waals surface area contributed by atoms with E-state index in [9.17, 15) is 13.2 Å². The second kappa shape index (κ2) is 5.71. The van der Waals surface area contributed by atoms with E-state index in [0.29, 0.717) is 16.3 Å². The van der Waals surface area contributed by atoms with Gasteiger partial charge in [0.15, 0.2) is 6.61 Å². The average molecular weight is 363 g/mol. The molecule has 0 atom stereocenters. The van der Waals surface area contributed by atoms with E-state index < -0.39 is 10.0 Å². The molecule has 0 aliphatic heterocycles. The summed E-state index contributed by atoms with van der Waals surface area (Å²) in [5, 5.41) is 5.03. The summed E-state index contributed by atoms with van der Waals surface area (Å²) in [5.41, 5.74) is 0. The van der Waals surface area contributed by atoms with Crippen molar-refractivity contribution in [2.45, 2.75) is 23.8 Å². The molecule has 0 spiro atoms. The number of hydrogen-bond donors (Lipinski definition) is 1. The predicted molar refractivity (Wildman–Crippen MR) is 76.8 cm³/mol. The fourth-order valence-electron chi connectivity index (χ4n) is 1.68. The van der Waals surface area contributed by atoms with Crippen molar-refractivity contribution < 1.29 is 17.9 Å². The number of benzene rings is 1. The van der Waals surface area contributed by atoms with E-state index in [-0.39, 0.29) is 17.4 Å². The minimum atomic E-state index is -3.75. The van der Waals surface area contributed by atoms with Crippen LogP contribution in [0.5, 0.6) is 5.75 Å². The van der Waals surface area contributed by atoms with E-state index in [1.54, 1.807) is 11.9 Å². The van der Waals surface area contributed by atoms with Gasteiger partial charge in [-0.15, -0.1) is 0 Å². The zero-order valence-electron chi connectivity index (χ0n) is 10.9. The largest absolute Gasteiger partial charge is 0.483 e. The highest BCUT2D eigenvalue weighted by Crippen LogP contribution is 2.28. The maximum absolute atomic E-state index is 11.8. The van der Waals surface area contributed by atoms with Gasteiger partial charge in [-0.3, -0.25) is 4.79 Å². The molecule has 0 bridgehead atoms. The smallest absolute Gasteiger partial charge is 0.260 e. The lowest BCUT2D eigenvalue weighted by Gasteiger charge is -2.17. The maximum Gasteiger partial charge on any atom is 0.260 e. The van der Waals surface area contributed by atoms with E-state index in [1.165, 1.54) is 18.2 Å². The molecule has 1 aliphatic rings. The number of carbonyl (C=O) groups excluding carboxylic acids is 1. The van der Waals surface area contributed by atoms with Crippen LogP contribution < -0.4 is 9.88 Å². The van der Waals surface area contributed by atoms with E-state index in [2.05, 4.69) is 15.9 Å². The second-order valence-electron chi connectivity index (χ2n) is 4.66. The van der Waals surface area contributed by atoms with Gasteiger partial charge in [-0.25, -0.2) is 13.6 Å². The molecular weight excluding hydrogens is 348 g/mol. The zero-order valence-corrected chi connectivity index (χ0v) is 13.3. The third kappa shape index (κ3) is 3.71. The van der Waals surface area contributed by atoms with Crippen molar-refractivity contribution in [1.82, 2.24) is 4.90 Å². The van der Waals surface area contributed by atoms with Gasteiger partial charge >= 0.3 is 0 Å². The first-order chi connectivity index (χ1) is 9.29. The number of sulfonamides is 1. The average Bonchev–Trinajstić information content (AvgIpc) is 3.19. The molecule has 0 aromatic heterocycles. The molecule has 1 amide bonds. The Morgan fingerprint density at radius 2 is 2.15 bits per heavy atom. The van der Waals surface area contributed by atoms with Crippen molar-refractivity contribution in [1.29, 1.82) is 0 Å². The Kier molecular flexibility index (Phi) is 4.36. The molecule has 1 aromatic rings. The minimum absolute atomic E-state index is 0.0156. The van der Waals surface area contributed by atoms with Crippen LogP contribution in [0.15, 0.2) is 27.6 Å². The molecule has 0 unspecified atom stereocenters. The maximum atomic E-state index is 11.8. The summed E-state index contributed by atoms with van der Waals surface area (Å²) in [5.74, 6) is 0.296. The van der Waals surface area contributed by atoms with Gasteiger partial charge < -0.3 is 9.64 Å². The quantitative estimate of drug-likeness (QED) is 0.848. The number of likely N-dealkylation sites (N-methyl/N-ethyl adjacent to an activating group) is 1. The standard InChI is InChI=1S/C12H15BrN2O4S/c1-15(8-2-3-8)12(16)7-19-11-5-4-9(6-10(11)13)20(14,17)18/h4-6,8H,2-3,7H2,1H3,(H2,14,17,18). The zero-order chi connectivity index (χ0) is 14.9. The number of nitrogens with zero attached hydrogens (tertiary/aromatic N) is 1. The summed E-state index contributed by atoms with van der Waals surface area (Å²) in [7, 11) is -2.00. The first-order valence-electron chi connectivity index (χ1n) is 6.00. The summed E-state index contributed by atoms with van der Waals surface area (Å²) in [6.07, 6.45) is 2.07. The molecule has 110 valence electrons. The topological polar surface area (TPSA) is 89.7 Å². The Hall–Kier alpha value is -1.12. The van der Waals surface area contributed by atoms with Crippen LogP contribution >= 0.6 is 15.9 Å². The summed E-state index contributed by atoms with van der Waals surface area (Å²) >= 11 is 3.20. The van der Waals surface area contributed by atoms with Gasteiger partial charge in [0.2, 0.25) is 10.0 Å². The highest BCUT2D eigenvalue weighted by Gasteiger charge is 2.29. The molecule has 0 heterocycles. The van der Waals surface area contributed by atoms with E-state index in [4.69, 9.17) is 9.88 Å². The minimum Gasteiger partial charge on any atom is -0.483 e. The third-order valence-corrected chi connectivity index (χ3v) is 4.60. The number of hydrogen-bond acceptors (Lipinski definition) is 4. The van der Waals surface area contributed by atoms with Crippen molar-refractivity contribution in [3.05, 3.63) is 22.7 Å². The Morgan fingerprint density at radius 1 is 1.50 bits per heavy atom. The lowest BCUT2D eigenvalue weighted by molar-refractivity contribution is -0.132. The van der Waals surface area contributed by atoms with Crippen molar-refractivity contribution >= 4 is 31.9 Å². The summed E-state index contributed by atoms with van der Waals surface area (Å²) < 4.78 is 28.2. The van der Waals surface area contributed by atoms with Crippen LogP contribution in [0.3, 0.4) is 0 Å². The molecular formula is C12H15BrN2O4S. The molecule has 2 rings (SSSR count). The Bertz CT molecular complexity index is 628. The van der Waals surface area contributed by atoms with Gasteiger partial charge in [0, 0.05) is 13.1 Å². The van der Waals surface area contributed by atoms with Crippen molar-refractivity contribution in [3.8, 4) is 5.75 Å². The third-order valence-electron chi connectivity index (χ3n) is 3.07. The lowest BCUT2D eigenvalue weighted by atomic mass is 10.3. The number of carbonyl (C=O) groups is 1. The summed E-state index contributed by atoms with van der Waals surface area (Å²) in [6.45, 7) is -0.0830. The van der Waals surface area contributed by atoms with Crippen LogP contribution in [0, 0.1) is 0 Å². The summed E-state index contributed by atoms with van der Waals surface area (Å²) in [6, 6.07) is 4.48. The molecule has 1 fully saturated rings. The van der Waals surface area contributed by atoms with Crippen molar-refractivity contribution in [3.63, 3.8) is 0 Å². The van der Waals surface area contributed by atoms with Crippen LogP contribution in [0.2, 0.25) is 0 Å². The van der Waals surface area contributed by atoms with Crippen LogP contribution in [0.25, 0.3) is 0 Å². The first kappa shape index (κ1) is 15.3. The van der Waals surface area contributed by atoms with Gasteiger partial charge in [-0.1, -0.05) is 0 Å². The van der Waals surface area contributed by atoms with Crippen molar-refractivity contribution in [2.75, 3.05) is 13.7 Å². The first-order valence-corrected chi connectivity index (χ1v) is 8.34. The van der Waals surface area contributed by atoms with E-state index in [0.717, 1.165) is 12.8 Å². The van der Waals surface area contributed by atoms with E-state index in [1.807, 2.05) is 0 Å². The summed E-state index contributed by atoms with van der Waals surface area (Å²) in [4.78, 5) is 13.5. The second-order valence-corrected chi connectivity index (χ2v) is 7.08. The highest BCUT2D eigenvalue weighted by atomic mass is 79.9. The number of primary sulfonamides is 1. The molecule has 8 heteroatoms. The predicted octanol–water partition coefficient (Wildman–Crippen LogP) is 1.10. The van der Waals surface area contributed by atoms with Crippen LogP contribution in [0.4, 0.5) is 0 Å². The number of rotatable bonds is 5. The van der Waals surface area contributed by atoms with Crippen molar-refractivity contribution in [2.24, 2.45) is 5.14 Å². The van der Waals surface area contributed by atoms with Gasteiger partial charge in [-0.05, 0) is 47.0 Å². The fraction of sp³-hybridized carbons (Fsp3) is 0.417.